The molecule has 1 fully saturated rings. The number of rotatable bonds is 5. The molecule has 1 aromatic rings. The highest BCUT2D eigenvalue weighted by molar-refractivity contribution is 6.09. The van der Waals surface area contributed by atoms with Gasteiger partial charge in [-0.25, -0.2) is 4.79 Å². The number of benzene rings is 1. The molecule has 7 nitrogen and oxygen atoms in total. The first kappa shape index (κ1) is 18.8. The molecule has 136 valence electrons. The van der Waals surface area contributed by atoms with Crippen LogP contribution in [0.25, 0.3) is 0 Å². The summed E-state index contributed by atoms with van der Waals surface area (Å²) in [5, 5.41) is 5.39. The highest BCUT2D eigenvalue weighted by Gasteiger charge is 2.37. The molecule has 0 saturated carbocycles. The summed E-state index contributed by atoms with van der Waals surface area (Å²) in [7, 11) is 3.29. The molecule has 2 rings (SSSR count). The number of anilines is 1. The summed E-state index contributed by atoms with van der Waals surface area (Å²) < 4.78 is 0. The van der Waals surface area contributed by atoms with Crippen LogP contribution in [-0.4, -0.2) is 56.5 Å². The molecule has 0 spiro atoms. The number of aryl methyl sites for hydroxylation is 2. The molecule has 1 aliphatic heterocycles. The normalized spacial score (nSPS) is 16.7. The van der Waals surface area contributed by atoms with Crippen molar-refractivity contribution < 1.29 is 14.4 Å². The van der Waals surface area contributed by atoms with Crippen LogP contribution in [0.15, 0.2) is 18.2 Å². The minimum absolute atomic E-state index is 0.167. The third-order valence-electron chi connectivity index (χ3n) is 4.15. The Morgan fingerprint density at radius 2 is 1.72 bits per heavy atom. The molecule has 0 bridgehead atoms. The van der Waals surface area contributed by atoms with Crippen molar-refractivity contribution in [1.82, 2.24) is 15.5 Å². The number of carbonyl (C=O) groups is 3. The summed E-state index contributed by atoms with van der Waals surface area (Å²) in [4.78, 5) is 39.3. The summed E-state index contributed by atoms with van der Waals surface area (Å²) in [6.07, 6.45) is 0.502. The van der Waals surface area contributed by atoms with E-state index >= 15 is 0 Å². The Bertz CT molecular complexity index is 652. The number of hydrogen-bond acceptors (Lipinski definition) is 3. The standard InChI is InChI=1S/C18H26N4O3/c1-12-9-13(2)11-14(10-12)22-8-5-15(17(22)24)16(23)19-6-7-20-18(25)21(3)4/h9-11,15H,5-8H2,1-4H3,(H,19,23)(H,20,25)/t15-/m1/s1. The van der Waals surface area contributed by atoms with Crippen molar-refractivity contribution in [2.45, 2.75) is 20.3 Å². The predicted molar refractivity (Wildman–Crippen MR) is 96.5 cm³/mol. The van der Waals surface area contributed by atoms with E-state index in [4.69, 9.17) is 0 Å². The van der Waals surface area contributed by atoms with Crippen LogP contribution in [0, 0.1) is 19.8 Å². The SMILES string of the molecule is Cc1cc(C)cc(N2CC[C@H](C(=O)NCCNC(=O)N(C)C)C2=O)c1. The van der Waals surface area contributed by atoms with Gasteiger partial charge in [-0.15, -0.1) is 0 Å². The van der Waals surface area contributed by atoms with Gasteiger partial charge < -0.3 is 20.4 Å². The highest BCUT2D eigenvalue weighted by Crippen LogP contribution is 2.27. The highest BCUT2D eigenvalue weighted by atomic mass is 16.2. The van der Waals surface area contributed by atoms with Crippen LogP contribution in [0.3, 0.4) is 0 Å². The van der Waals surface area contributed by atoms with E-state index in [9.17, 15) is 14.4 Å². The zero-order valence-electron chi connectivity index (χ0n) is 15.3. The lowest BCUT2D eigenvalue weighted by atomic mass is 10.1. The first-order valence-electron chi connectivity index (χ1n) is 8.42. The Balaban J connectivity index is 1.88. The van der Waals surface area contributed by atoms with Gasteiger partial charge in [-0.2, -0.15) is 0 Å². The van der Waals surface area contributed by atoms with Gasteiger partial charge >= 0.3 is 6.03 Å². The third-order valence-corrected chi connectivity index (χ3v) is 4.15. The third kappa shape index (κ3) is 4.71. The molecule has 1 aromatic carbocycles. The molecular formula is C18H26N4O3. The summed E-state index contributed by atoms with van der Waals surface area (Å²) in [5.41, 5.74) is 3.02. The Kier molecular flexibility index (Phi) is 6.01. The molecule has 1 heterocycles. The lowest BCUT2D eigenvalue weighted by Gasteiger charge is -2.18. The molecule has 2 N–H and O–H groups in total. The molecule has 7 heteroatoms. The van der Waals surface area contributed by atoms with Gasteiger partial charge in [-0.3, -0.25) is 9.59 Å². The molecule has 1 aliphatic rings. The van der Waals surface area contributed by atoms with E-state index in [2.05, 4.69) is 16.7 Å². The van der Waals surface area contributed by atoms with Crippen molar-refractivity contribution in [2.75, 3.05) is 38.6 Å². The van der Waals surface area contributed by atoms with E-state index in [0.717, 1.165) is 16.8 Å². The van der Waals surface area contributed by atoms with E-state index in [0.29, 0.717) is 26.1 Å². The maximum absolute atomic E-state index is 12.6. The van der Waals surface area contributed by atoms with Crippen LogP contribution < -0.4 is 15.5 Å². The van der Waals surface area contributed by atoms with Gasteiger partial charge in [0.25, 0.3) is 0 Å². The van der Waals surface area contributed by atoms with Crippen LogP contribution >= 0.6 is 0 Å². The van der Waals surface area contributed by atoms with Crippen molar-refractivity contribution in [2.24, 2.45) is 5.92 Å². The largest absolute Gasteiger partial charge is 0.354 e. The zero-order valence-corrected chi connectivity index (χ0v) is 15.3. The Morgan fingerprint density at radius 3 is 2.32 bits per heavy atom. The number of nitrogens with zero attached hydrogens (tertiary/aromatic N) is 2. The molecule has 0 aliphatic carbocycles. The number of hydrogen-bond donors (Lipinski definition) is 2. The zero-order chi connectivity index (χ0) is 18.6. The molecule has 1 saturated heterocycles. The summed E-state index contributed by atoms with van der Waals surface area (Å²) >= 11 is 0. The van der Waals surface area contributed by atoms with Gasteiger partial charge in [0.2, 0.25) is 11.8 Å². The predicted octanol–water partition coefficient (Wildman–Crippen LogP) is 1.04. The first-order chi connectivity index (χ1) is 11.8. The van der Waals surface area contributed by atoms with Gasteiger partial charge in [0, 0.05) is 39.4 Å². The molecule has 0 radical (unpaired) electrons. The van der Waals surface area contributed by atoms with Crippen molar-refractivity contribution in [3.05, 3.63) is 29.3 Å². The van der Waals surface area contributed by atoms with Crippen LogP contribution in [0.1, 0.15) is 17.5 Å². The van der Waals surface area contributed by atoms with Gasteiger partial charge in [0.05, 0.1) is 0 Å². The van der Waals surface area contributed by atoms with Crippen molar-refractivity contribution in [3.8, 4) is 0 Å². The van der Waals surface area contributed by atoms with Crippen LogP contribution in [-0.2, 0) is 9.59 Å². The van der Waals surface area contributed by atoms with Gasteiger partial charge in [-0.05, 0) is 43.5 Å². The van der Waals surface area contributed by atoms with Crippen LogP contribution in [0.5, 0.6) is 0 Å². The van der Waals surface area contributed by atoms with E-state index in [1.165, 1.54) is 4.90 Å². The fraction of sp³-hybridized carbons (Fsp3) is 0.500. The number of nitrogens with one attached hydrogen (secondary N) is 2. The van der Waals surface area contributed by atoms with Gasteiger partial charge in [0.15, 0.2) is 0 Å². The van der Waals surface area contributed by atoms with E-state index in [1.807, 2.05) is 26.0 Å². The number of amides is 4. The second-order valence-corrected chi connectivity index (χ2v) is 6.59. The number of urea groups is 1. The maximum atomic E-state index is 12.6. The fourth-order valence-corrected chi connectivity index (χ4v) is 2.92. The fourth-order valence-electron chi connectivity index (χ4n) is 2.92. The lowest BCUT2D eigenvalue weighted by Crippen LogP contribution is -2.42. The monoisotopic (exact) mass is 346 g/mol. The van der Waals surface area contributed by atoms with Gasteiger partial charge in [0.1, 0.15) is 5.92 Å². The minimum atomic E-state index is -0.662. The second kappa shape index (κ2) is 8.00. The quantitative estimate of drug-likeness (QED) is 0.617. The number of carbonyl (C=O) groups excluding carboxylic acids is 3. The lowest BCUT2D eigenvalue weighted by molar-refractivity contribution is -0.132. The average molecular weight is 346 g/mol. The Morgan fingerprint density at radius 1 is 1.12 bits per heavy atom. The molecule has 1 atom stereocenters. The summed E-state index contributed by atoms with van der Waals surface area (Å²) in [5.74, 6) is -1.11. The summed E-state index contributed by atoms with van der Waals surface area (Å²) in [6, 6.07) is 5.76. The molecule has 0 aromatic heterocycles. The van der Waals surface area contributed by atoms with Gasteiger partial charge in [-0.1, -0.05) is 6.07 Å². The van der Waals surface area contributed by atoms with Crippen LogP contribution in [0.4, 0.5) is 10.5 Å². The smallest absolute Gasteiger partial charge is 0.316 e. The summed E-state index contributed by atoms with van der Waals surface area (Å²) in [6.45, 7) is 5.14. The van der Waals surface area contributed by atoms with Crippen molar-refractivity contribution in [1.29, 1.82) is 0 Å². The topological polar surface area (TPSA) is 81.8 Å². The van der Waals surface area contributed by atoms with E-state index in [-0.39, 0.29) is 17.8 Å². The van der Waals surface area contributed by atoms with Crippen molar-refractivity contribution >= 4 is 23.5 Å². The molecule has 25 heavy (non-hydrogen) atoms. The molecule has 0 unspecified atom stereocenters. The Hall–Kier alpha value is -2.57. The molecule has 4 amide bonds. The second-order valence-electron chi connectivity index (χ2n) is 6.59. The average Bonchev–Trinajstić information content (AvgIpc) is 2.91. The minimum Gasteiger partial charge on any atom is -0.354 e. The maximum Gasteiger partial charge on any atom is 0.316 e. The Labute approximate surface area is 148 Å². The van der Waals surface area contributed by atoms with Crippen LogP contribution in [0.2, 0.25) is 0 Å². The first-order valence-corrected chi connectivity index (χ1v) is 8.42. The van der Waals surface area contributed by atoms with Crippen molar-refractivity contribution in [3.63, 3.8) is 0 Å². The van der Waals surface area contributed by atoms with E-state index in [1.54, 1.807) is 19.0 Å². The molecular weight excluding hydrogens is 320 g/mol. The van der Waals surface area contributed by atoms with E-state index < -0.39 is 5.92 Å².